The topological polar surface area (TPSA) is 65.9 Å². The first kappa shape index (κ1) is 24.8. The Hall–Kier alpha value is -3.84. The molecule has 2 heterocycles. The van der Waals surface area contributed by atoms with Gasteiger partial charge in [-0.1, -0.05) is 36.4 Å². The van der Waals surface area contributed by atoms with Crippen molar-refractivity contribution in [3.8, 4) is 28.6 Å². The van der Waals surface area contributed by atoms with Crippen molar-refractivity contribution in [3.63, 3.8) is 0 Å². The number of methoxy groups -OCH3 is 2. The van der Waals surface area contributed by atoms with Crippen molar-refractivity contribution in [1.29, 1.82) is 0 Å². The molecule has 7 heteroatoms. The summed E-state index contributed by atoms with van der Waals surface area (Å²) in [6.07, 6.45) is 0.639. The summed E-state index contributed by atoms with van der Waals surface area (Å²) in [5.41, 5.74) is 6.76. The van der Waals surface area contributed by atoms with Crippen molar-refractivity contribution >= 4 is 16.7 Å². The molecule has 1 aliphatic heterocycles. The van der Waals surface area contributed by atoms with Gasteiger partial charge < -0.3 is 23.8 Å². The van der Waals surface area contributed by atoms with E-state index in [9.17, 15) is 0 Å². The number of anilines is 1. The highest BCUT2D eigenvalue weighted by Gasteiger charge is 2.19. The first-order chi connectivity index (χ1) is 18.1. The number of hydrogen-bond donors (Lipinski definition) is 0. The Morgan fingerprint density at radius 3 is 2.41 bits per heavy atom. The second-order valence-corrected chi connectivity index (χ2v) is 9.21. The molecular weight excluding hydrogens is 466 g/mol. The SMILES string of the molecule is COc1cccc(CCOc2nc(N3CCOCC3)c3cc(-c4ccc(C)c(C)c4)ccc3n2)c1OC. The predicted molar refractivity (Wildman–Crippen MR) is 146 cm³/mol. The molecule has 37 heavy (non-hydrogen) atoms. The van der Waals surface area contributed by atoms with Gasteiger partial charge in [-0.25, -0.2) is 0 Å². The van der Waals surface area contributed by atoms with Gasteiger partial charge in [0.15, 0.2) is 11.5 Å². The number of ether oxygens (including phenoxy) is 4. The van der Waals surface area contributed by atoms with Crippen LogP contribution in [0, 0.1) is 13.8 Å². The fraction of sp³-hybridized carbons (Fsp3) is 0.333. The van der Waals surface area contributed by atoms with Gasteiger partial charge in [0, 0.05) is 30.5 Å². The van der Waals surface area contributed by atoms with E-state index in [1.165, 1.54) is 16.7 Å². The summed E-state index contributed by atoms with van der Waals surface area (Å²) in [5.74, 6) is 2.31. The second kappa shape index (κ2) is 11.0. The number of aryl methyl sites for hydroxylation is 2. The van der Waals surface area contributed by atoms with E-state index in [1.54, 1.807) is 14.2 Å². The maximum absolute atomic E-state index is 6.09. The molecule has 0 saturated carbocycles. The summed E-state index contributed by atoms with van der Waals surface area (Å²) in [4.78, 5) is 11.9. The van der Waals surface area contributed by atoms with Gasteiger partial charge in [-0.3, -0.25) is 0 Å². The minimum absolute atomic E-state index is 0.370. The van der Waals surface area contributed by atoms with Gasteiger partial charge in [0.2, 0.25) is 0 Å². The minimum atomic E-state index is 0.370. The number of rotatable bonds is 8. The van der Waals surface area contributed by atoms with Crippen LogP contribution < -0.4 is 19.1 Å². The molecular formula is C30H33N3O4. The molecule has 0 radical (unpaired) electrons. The zero-order chi connectivity index (χ0) is 25.8. The van der Waals surface area contributed by atoms with Gasteiger partial charge in [-0.05, 0) is 54.3 Å². The molecule has 0 atom stereocenters. The van der Waals surface area contributed by atoms with Crippen LogP contribution in [0.4, 0.5) is 5.82 Å². The lowest BCUT2D eigenvalue weighted by molar-refractivity contribution is 0.122. The van der Waals surface area contributed by atoms with Crippen molar-refractivity contribution < 1.29 is 18.9 Å². The van der Waals surface area contributed by atoms with Gasteiger partial charge >= 0.3 is 6.01 Å². The van der Waals surface area contributed by atoms with Crippen LogP contribution in [-0.4, -0.2) is 57.1 Å². The molecule has 4 aromatic rings. The van der Waals surface area contributed by atoms with Gasteiger partial charge in [0.05, 0.1) is 39.6 Å². The fourth-order valence-electron chi connectivity index (χ4n) is 4.68. The van der Waals surface area contributed by atoms with E-state index in [-0.39, 0.29) is 0 Å². The Morgan fingerprint density at radius 2 is 1.65 bits per heavy atom. The van der Waals surface area contributed by atoms with E-state index in [0.717, 1.165) is 46.7 Å². The Kier molecular flexibility index (Phi) is 7.42. The predicted octanol–water partition coefficient (Wildman–Crippen LogP) is 5.39. The third-order valence-corrected chi connectivity index (χ3v) is 6.89. The summed E-state index contributed by atoms with van der Waals surface area (Å²) < 4.78 is 22.7. The van der Waals surface area contributed by atoms with E-state index < -0.39 is 0 Å². The highest BCUT2D eigenvalue weighted by molar-refractivity contribution is 5.93. The molecule has 0 aliphatic carbocycles. The van der Waals surface area contributed by atoms with Crippen molar-refractivity contribution in [2.24, 2.45) is 0 Å². The van der Waals surface area contributed by atoms with Crippen LogP contribution in [-0.2, 0) is 11.2 Å². The molecule has 1 fully saturated rings. The van der Waals surface area contributed by atoms with Crippen LogP contribution in [0.2, 0.25) is 0 Å². The van der Waals surface area contributed by atoms with E-state index in [4.69, 9.17) is 28.9 Å². The third kappa shape index (κ3) is 5.32. The highest BCUT2D eigenvalue weighted by atomic mass is 16.5. The number of para-hydroxylation sites is 1. The Bertz CT molecular complexity index is 1400. The van der Waals surface area contributed by atoms with Gasteiger partial charge in [-0.15, -0.1) is 0 Å². The van der Waals surface area contributed by atoms with Crippen molar-refractivity contribution in [2.75, 3.05) is 52.0 Å². The first-order valence-electron chi connectivity index (χ1n) is 12.6. The van der Waals surface area contributed by atoms with Crippen LogP contribution in [0.5, 0.6) is 17.5 Å². The van der Waals surface area contributed by atoms with Crippen molar-refractivity contribution in [3.05, 3.63) is 71.3 Å². The van der Waals surface area contributed by atoms with Gasteiger partial charge in [-0.2, -0.15) is 9.97 Å². The number of aromatic nitrogens is 2. The summed E-state index contributed by atoms with van der Waals surface area (Å²) in [6.45, 7) is 7.60. The standard InChI is InChI=1S/C30H33N3O4/c1-20-8-9-23(18-21(20)2)24-10-11-26-25(19-24)29(33-13-16-36-17-14-33)32-30(31-26)37-15-12-22-6-5-7-27(34-3)28(22)35-4/h5-11,18-19H,12-17H2,1-4H3. The average Bonchev–Trinajstić information content (AvgIpc) is 2.94. The van der Waals surface area contributed by atoms with E-state index in [0.29, 0.717) is 38.0 Å². The largest absolute Gasteiger partial charge is 0.493 e. The third-order valence-electron chi connectivity index (χ3n) is 6.89. The van der Waals surface area contributed by atoms with Gasteiger partial charge in [0.1, 0.15) is 5.82 Å². The molecule has 0 N–H and O–H groups in total. The number of morpholine rings is 1. The van der Waals surface area contributed by atoms with E-state index in [2.05, 4.69) is 55.1 Å². The monoisotopic (exact) mass is 499 g/mol. The summed E-state index contributed by atoms with van der Waals surface area (Å²) in [5, 5.41) is 1.01. The molecule has 5 rings (SSSR count). The number of nitrogens with zero attached hydrogens (tertiary/aromatic N) is 3. The average molecular weight is 500 g/mol. The molecule has 1 aliphatic rings. The number of benzene rings is 3. The van der Waals surface area contributed by atoms with Crippen molar-refractivity contribution in [1.82, 2.24) is 9.97 Å². The van der Waals surface area contributed by atoms with Crippen LogP contribution in [0.15, 0.2) is 54.6 Å². The number of fused-ring (bicyclic) bond motifs is 1. The molecule has 0 unspecified atom stereocenters. The van der Waals surface area contributed by atoms with Crippen LogP contribution in [0.3, 0.4) is 0 Å². The summed E-state index contributed by atoms with van der Waals surface area (Å²) >= 11 is 0. The summed E-state index contributed by atoms with van der Waals surface area (Å²) in [6, 6.07) is 19.2. The van der Waals surface area contributed by atoms with Gasteiger partial charge in [0.25, 0.3) is 0 Å². The molecule has 0 spiro atoms. The van der Waals surface area contributed by atoms with E-state index in [1.807, 2.05) is 18.2 Å². The Balaban J connectivity index is 1.45. The molecule has 0 bridgehead atoms. The molecule has 0 amide bonds. The number of hydrogen-bond acceptors (Lipinski definition) is 7. The quantitative estimate of drug-likeness (QED) is 0.322. The lowest BCUT2D eigenvalue weighted by Crippen LogP contribution is -2.37. The van der Waals surface area contributed by atoms with Crippen LogP contribution in [0.1, 0.15) is 16.7 Å². The zero-order valence-corrected chi connectivity index (χ0v) is 21.9. The summed E-state index contributed by atoms with van der Waals surface area (Å²) in [7, 11) is 3.29. The normalized spacial score (nSPS) is 13.6. The van der Waals surface area contributed by atoms with Crippen LogP contribution >= 0.6 is 0 Å². The molecule has 1 saturated heterocycles. The molecule has 192 valence electrons. The molecule has 7 nitrogen and oxygen atoms in total. The molecule has 1 aromatic heterocycles. The fourth-order valence-corrected chi connectivity index (χ4v) is 4.68. The molecule has 3 aromatic carbocycles. The van der Waals surface area contributed by atoms with E-state index >= 15 is 0 Å². The second-order valence-electron chi connectivity index (χ2n) is 9.21. The maximum atomic E-state index is 6.09. The lowest BCUT2D eigenvalue weighted by Gasteiger charge is -2.29. The lowest BCUT2D eigenvalue weighted by atomic mass is 9.99. The maximum Gasteiger partial charge on any atom is 0.318 e. The minimum Gasteiger partial charge on any atom is -0.493 e. The van der Waals surface area contributed by atoms with Crippen molar-refractivity contribution in [2.45, 2.75) is 20.3 Å². The first-order valence-corrected chi connectivity index (χ1v) is 12.6. The Labute approximate surface area is 218 Å². The Morgan fingerprint density at radius 1 is 0.865 bits per heavy atom. The van der Waals surface area contributed by atoms with Crippen LogP contribution in [0.25, 0.3) is 22.0 Å². The zero-order valence-electron chi connectivity index (χ0n) is 21.9. The highest BCUT2D eigenvalue weighted by Crippen LogP contribution is 2.33. The smallest absolute Gasteiger partial charge is 0.318 e.